The van der Waals surface area contributed by atoms with Gasteiger partial charge in [0.05, 0.1) is 49.6 Å². The van der Waals surface area contributed by atoms with Crippen molar-refractivity contribution in [3.63, 3.8) is 0 Å². The van der Waals surface area contributed by atoms with Crippen LogP contribution in [-0.2, 0) is 9.47 Å². The van der Waals surface area contributed by atoms with Gasteiger partial charge in [-0.15, -0.1) is 0 Å². The van der Waals surface area contributed by atoms with Crippen molar-refractivity contribution in [2.45, 2.75) is 52.9 Å². The Morgan fingerprint density at radius 2 is 1.27 bits per heavy atom. The largest absolute Gasteiger partial charge is 0.477 e. The smallest absolute Gasteiger partial charge is 0.221 e. The quantitative estimate of drug-likeness (QED) is 0.148. The highest BCUT2D eigenvalue weighted by Gasteiger charge is 2.23. The zero-order chi connectivity index (χ0) is 35.8. The van der Waals surface area contributed by atoms with Gasteiger partial charge in [0.15, 0.2) is 0 Å². The average Bonchev–Trinajstić information content (AvgIpc) is 3.18. The maximum Gasteiger partial charge on any atom is 0.221 e. The molecule has 3 aromatic heterocycles. The summed E-state index contributed by atoms with van der Waals surface area (Å²) in [6.45, 7) is 17.9. The van der Waals surface area contributed by atoms with Gasteiger partial charge in [0, 0.05) is 53.5 Å². The van der Waals surface area contributed by atoms with E-state index in [9.17, 15) is 0 Å². The second kappa shape index (κ2) is 14.7. The fourth-order valence-electron chi connectivity index (χ4n) is 7.62. The van der Waals surface area contributed by atoms with Crippen LogP contribution in [0.3, 0.4) is 0 Å². The molecule has 2 aliphatic rings. The predicted octanol–water partition coefficient (Wildman–Crippen LogP) is 9.37. The molecule has 52 heavy (non-hydrogen) atoms. The highest BCUT2D eigenvalue weighted by Crippen LogP contribution is 2.42. The Kier molecular flexibility index (Phi) is 9.68. The number of nitrogens with zero attached hydrogens (tertiary/aromatic N) is 5. The van der Waals surface area contributed by atoms with E-state index in [0.29, 0.717) is 31.6 Å². The first-order valence-corrected chi connectivity index (χ1v) is 19.0. The summed E-state index contributed by atoms with van der Waals surface area (Å²) in [6, 6.07) is 26.5. The lowest BCUT2D eigenvalue weighted by Crippen LogP contribution is -2.37. The van der Waals surface area contributed by atoms with E-state index in [-0.39, 0.29) is 5.92 Å². The lowest BCUT2D eigenvalue weighted by Gasteiger charge is -2.30. The molecule has 0 spiro atoms. The molecular formula is C44H49N5O3. The van der Waals surface area contributed by atoms with E-state index in [1.165, 1.54) is 16.5 Å². The molecule has 8 nitrogen and oxygen atoms in total. The van der Waals surface area contributed by atoms with Crippen LogP contribution in [0.5, 0.6) is 5.88 Å². The van der Waals surface area contributed by atoms with Gasteiger partial charge in [-0.05, 0) is 89.0 Å². The van der Waals surface area contributed by atoms with Crippen molar-refractivity contribution in [1.82, 2.24) is 15.0 Å². The highest BCUT2D eigenvalue weighted by atomic mass is 16.5. The third kappa shape index (κ3) is 6.66. The molecule has 8 rings (SSSR count). The van der Waals surface area contributed by atoms with E-state index >= 15 is 0 Å². The molecule has 0 bridgehead atoms. The van der Waals surface area contributed by atoms with Crippen LogP contribution >= 0.6 is 0 Å². The number of pyridine rings is 3. The molecule has 2 saturated heterocycles. The van der Waals surface area contributed by atoms with Crippen LogP contribution in [0.2, 0.25) is 0 Å². The maximum absolute atomic E-state index is 6.51. The van der Waals surface area contributed by atoms with E-state index in [4.69, 9.17) is 29.2 Å². The normalized spacial score (nSPS) is 15.4. The number of morpholine rings is 2. The molecule has 0 N–H and O–H groups in total. The first-order chi connectivity index (χ1) is 25.4. The minimum absolute atomic E-state index is 0.264. The predicted molar refractivity (Wildman–Crippen MR) is 213 cm³/mol. The molecule has 8 heteroatoms. The van der Waals surface area contributed by atoms with Gasteiger partial charge in [-0.3, -0.25) is 0 Å². The van der Waals surface area contributed by atoms with Crippen molar-refractivity contribution in [3.8, 4) is 28.1 Å². The van der Waals surface area contributed by atoms with Gasteiger partial charge >= 0.3 is 0 Å². The van der Waals surface area contributed by atoms with Gasteiger partial charge in [0.25, 0.3) is 0 Å². The SMILES string of the molecule is CCCOc1nc2cc(-c3cc4ccccc4nc3N3CCOCC3)cc(C(C)C)c2cc1-c1cc(C(C)C)c2ccc(N3CCOCC3)nc2c1. The molecule has 3 aromatic carbocycles. The third-order valence-electron chi connectivity index (χ3n) is 10.4. The van der Waals surface area contributed by atoms with Crippen LogP contribution in [-0.4, -0.2) is 74.2 Å². The molecule has 0 amide bonds. The number of hydrogen-bond acceptors (Lipinski definition) is 8. The van der Waals surface area contributed by atoms with Crippen molar-refractivity contribution in [2.75, 3.05) is 69.0 Å². The molecular weight excluding hydrogens is 647 g/mol. The Bertz CT molecular complexity index is 2240. The fourth-order valence-corrected chi connectivity index (χ4v) is 7.62. The maximum atomic E-state index is 6.51. The number of hydrogen-bond donors (Lipinski definition) is 0. The van der Waals surface area contributed by atoms with E-state index in [1.807, 2.05) is 0 Å². The first-order valence-electron chi connectivity index (χ1n) is 19.0. The highest BCUT2D eigenvalue weighted by molar-refractivity contribution is 5.97. The lowest BCUT2D eigenvalue weighted by molar-refractivity contribution is 0.122. The zero-order valence-corrected chi connectivity index (χ0v) is 31.1. The standard InChI is InChI=1S/C44H49N5O3/c1-6-17-52-44-37(32-24-34(28(2)3)33-11-12-42(45-40(33)26-32)48-13-18-50-19-14-48)27-38-35(29(4)5)23-31(25-41(38)47-44)36-22-30-9-7-8-10-39(30)46-43(36)49-15-20-51-21-16-49/h7-12,22-29H,6,13-21H2,1-5H3. The van der Waals surface area contributed by atoms with Gasteiger partial charge in [-0.25, -0.2) is 15.0 Å². The summed E-state index contributed by atoms with van der Waals surface area (Å²) < 4.78 is 17.9. The summed E-state index contributed by atoms with van der Waals surface area (Å²) in [5.74, 6) is 3.23. The van der Waals surface area contributed by atoms with E-state index < -0.39 is 0 Å². The summed E-state index contributed by atoms with van der Waals surface area (Å²) in [7, 11) is 0. The second-order valence-corrected chi connectivity index (χ2v) is 14.7. The number of ether oxygens (including phenoxy) is 3. The van der Waals surface area contributed by atoms with E-state index in [2.05, 4.69) is 117 Å². The molecule has 0 unspecified atom stereocenters. The number of aromatic nitrogens is 3. The molecule has 5 heterocycles. The number of para-hydroxylation sites is 1. The minimum atomic E-state index is 0.264. The Hall–Kier alpha value is -4.79. The fraction of sp³-hybridized carbons (Fsp3) is 0.386. The Morgan fingerprint density at radius 3 is 1.96 bits per heavy atom. The average molecular weight is 696 g/mol. The number of anilines is 2. The molecule has 268 valence electrons. The summed E-state index contributed by atoms with van der Waals surface area (Å²) in [5, 5.41) is 3.45. The van der Waals surface area contributed by atoms with Crippen molar-refractivity contribution >= 4 is 44.3 Å². The van der Waals surface area contributed by atoms with Gasteiger partial charge in [0.1, 0.15) is 11.6 Å². The molecule has 2 fully saturated rings. The van der Waals surface area contributed by atoms with Crippen LogP contribution in [0.15, 0.2) is 72.8 Å². The number of rotatable bonds is 9. The van der Waals surface area contributed by atoms with Crippen LogP contribution in [0.1, 0.15) is 64.0 Å². The van der Waals surface area contributed by atoms with Crippen LogP contribution in [0.4, 0.5) is 11.6 Å². The van der Waals surface area contributed by atoms with Gasteiger partial charge in [-0.2, -0.15) is 0 Å². The van der Waals surface area contributed by atoms with Crippen molar-refractivity contribution in [1.29, 1.82) is 0 Å². The van der Waals surface area contributed by atoms with Crippen molar-refractivity contribution in [2.24, 2.45) is 0 Å². The van der Waals surface area contributed by atoms with Crippen molar-refractivity contribution < 1.29 is 14.2 Å². The first kappa shape index (κ1) is 34.3. The molecule has 0 aliphatic carbocycles. The summed E-state index contributed by atoms with van der Waals surface area (Å²) in [4.78, 5) is 20.5. The second-order valence-electron chi connectivity index (χ2n) is 14.7. The minimum Gasteiger partial charge on any atom is -0.477 e. The Morgan fingerprint density at radius 1 is 0.635 bits per heavy atom. The van der Waals surface area contributed by atoms with Crippen LogP contribution in [0.25, 0.3) is 55.0 Å². The Labute approximate surface area is 306 Å². The van der Waals surface area contributed by atoms with Crippen LogP contribution in [0, 0.1) is 0 Å². The van der Waals surface area contributed by atoms with E-state index in [1.54, 1.807) is 0 Å². The summed E-state index contributed by atoms with van der Waals surface area (Å²) in [5.41, 5.74) is 9.75. The molecule has 0 radical (unpaired) electrons. The van der Waals surface area contributed by atoms with Crippen LogP contribution < -0.4 is 14.5 Å². The molecule has 0 atom stereocenters. The monoisotopic (exact) mass is 695 g/mol. The van der Waals surface area contributed by atoms with Gasteiger partial charge in [-0.1, -0.05) is 58.9 Å². The number of fused-ring (bicyclic) bond motifs is 3. The van der Waals surface area contributed by atoms with Gasteiger partial charge in [0.2, 0.25) is 5.88 Å². The molecule has 2 aliphatic heterocycles. The molecule has 0 saturated carbocycles. The van der Waals surface area contributed by atoms with Crippen molar-refractivity contribution in [3.05, 3.63) is 83.9 Å². The molecule has 6 aromatic rings. The van der Waals surface area contributed by atoms with Gasteiger partial charge < -0.3 is 24.0 Å². The summed E-state index contributed by atoms with van der Waals surface area (Å²) >= 11 is 0. The van der Waals surface area contributed by atoms with E-state index in [0.717, 1.165) is 107 Å². The lowest BCUT2D eigenvalue weighted by atomic mass is 9.90. The zero-order valence-electron chi connectivity index (χ0n) is 31.1. The third-order valence-corrected chi connectivity index (χ3v) is 10.4. The Balaban J connectivity index is 1.32. The number of benzene rings is 3. The topological polar surface area (TPSA) is 72.8 Å². The summed E-state index contributed by atoms with van der Waals surface area (Å²) in [6.07, 6.45) is 0.890.